The average Bonchev–Trinajstić information content (AvgIpc) is 2.72. The molecule has 3 unspecified atom stereocenters. The van der Waals surface area contributed by atoms with E-state index in [2.05, 4.69) is 13.8 Å². The molecule has 0 spiro atoms. The molecular weight excluding hydrogens is 396 g/mol. The molecule has 4 nitrogen and oxygen atoms in total. The lowest BCUT2D eigenvalue weighted by Gasteiger charge is -2.58. The molecule has 32 heavy (non-hydrogen) atoms. The van der Waals surface area contributed by atoms with Gasteiger partial charge in [0.25, 0.3) is 0 Å². The number of hydrogen-bond acceptors (Lipinski definition) is 4. The third-order valence-corrected chi connectivity index (χ3v) is 8.00. The van der Waals surface area contributed by atoms with Crippen LogP contribution in [0.25, 0.3) is 0 Å². The molecule has 0 aromatic heterocycles. The van der Waals surface area contributed by atoms with E-state index >= 15 is 0 Å². The first-order valence-corrected chi connectivity index (χ1v) is 11.9. The average molecular weight is 431 g/mol. The SMILES string of the molecule is Cc1cc(C)c(O)c(C=NC2C3CC4CC(C3)CC2(N=Cc2cc(C)cc(C)c2O)C4)c1. The van der Waals surface area contributed by atoms with Gasteiger partial charge in [0.2, 0.25) is 0 Å². The molecule has 2 N–H and O–H groups in total. The van der Waals surface area contributed by atoms with Crippen molar-refractivity contribution < 1.29 is 10.2 Å². The number of nitrogens with zero attached hydrogens (tertiary/aromatic N) is 2. The van der Waals surface area contributed by atoms with Gasteiger partial charge in [-0.2, -0.15) is 0 Å². The summed E-state index contributed by atoms with van der Waals surface area (Å²) < 4.78 is 0. The second-order valence-electron chi connectivity index (χ2n) is 10.7. The largest absolute Gasteiger partial charge is 0.507 e. The number of rotatable bonds is 4. The zero-order valence-electron chi connectivity index (χ0n) is 19.6. The van der Waals surface area contributed by atoms with Crippen LogP contribution in [0.4, 0.5) is 0 Å². The predicted octanol–water partition coefficient (Wildman–Crippen LogP) is 5.82. The molecule has 4 bridgehead atoms. The van der Waals surface area contributed by atoms with Crippen molar-refractivity contribution in [1.29, 1.82) is 0 Å². The Balaban J connectivity index is 1.52. The molecule has 6 rings (SSSR count). The lowest BCUT2D eigenvalue weighted by molar-refractivity contribution is -0.0162. The van der Waals surface area contributed by atoms with Crippen LogP contribution < -0.4 is 0 Å². The molecule has 4 aliphatic rings. The molecule has 0 amide bonds. The van der Waals surface area contributed by atoms with Crippen molar-refractivity contribution in [2.75, 3.05) is 0 Å². The summed E-state index contributed by atoms with van der Waals surface area (Å²) in [5.41, 5.74) is 5.42. The Kier molecular flexibility index (Phi) is 5.15. The van der Waals surface area contributed by atoms with Gasteiger partial charge in [0.15, 0.2) is 0 Å². The van der Waals surface area contributed by atoms with Gasteiger partial charge in [0.1, 0.15) is 11.5 Å². The van der Waals surface area contributed by atoms with Crippen molar-refractivity contribution in [3.05, 3.63) is 57.6 Å². The minimum atomic E-state index is -0.205. The van der Waals surface area contributed by atoms with Crippen molar-refractivity contribution in [3.63, 3.8) is 0 Å². The van der Waals surface area contributed by atoms with E-state index in [1.807, 2.05) is 50.5 Å². The number of aromatic hydroxyl groups is 2. The molecule has 4 fully saturated rings. The van der Waals surface area contributed by atoms with Crippen LogP contribution in [0.15, 0.2) is 34.3 Å². The van der Waals surface area contributed by atoms with E-state index in [4.69, 9.17) is 9.98 Å². The van der Waals surface area contributed by atoms with Crippen LogP contribution in [-0.4, -0.2) is 34.2 Å². The van der Waals surface area contributed by atoms with Gasteiger partial charge < -0.3 is 10.2 Å². The maximum Gasteiger partial charge on any atom is 0.127 e. The van der Waals surface area contributed by atoms with Crippen molar-refractivity contribution >= 4 is 12.4 Å². The summed E-state index contributed by atoms with van der Waals surface area (Å²) in [7, 11) is 0. The summed E-state index contributed by atoms with van der Waals surface area (Å²) >= 11 is 0. The van der Waals surface area contributed by atoms with Crippen molar-refractivity contribution in [2.45, 2.75) is 71.4 Å². The second-order valence-corrected chi connectivity index (χ2v) is 10.7. The smallest absolute Gasteiger partial charge is 0.127 e. The highest BCUT2D eigenvalue weighted by molar-refractivity contribution is 5.86. The Bertz CT molecular complexity index is 1100. The molecule has 2 aromatic rings. The molecule has 0 saturated heterocycles. The van der Waals surface area contributed by atoms with Crippen LogP contribution in [0.1, 0.15) is 65.5 Å². The minimum Gasteiger partial charge on any atom is -0.507 e. The summed E-state index contributed by atoms with van der Waals surface area (Å²) in [6, 6.07) is 8.14. The topological polar surface area (TPSA) is 65.2 Å². The van der Waals surface area contributed by atoms with Gasteiger partial charge in [0, 0.05) is 23.6 Å². The normalized spacial score (nSPS) is 31.2. The van der Waals surface area contributed by atoms with Crippen LogP contribution in [0.2, 0.25) is 0 Å². The van der Waals surface area contributed by atoms with Gasteiger partial charge in [-0.25, -0.2) is 0 Å². The van der Waals surface area contributed by atoms with E-state index < -0.39 is 0 Å². The summed E-state index contributed by atoms with van der Waals surface area (Å²) in [5, 5.41) is 21.1. The van der Waals surface area contributed by atoms with Gasteiger partial charge in [0.05, 0.1) is 11.6 Å². The van der Waals surface area contributed by atoms with Crippen LogP contribution in [0.5, 0.6) is 11.5 Å². The Morgan fingerprint density at radius 3 is 1.88 bits per heavy atom. The number of benzene rings is 2. The molecule has 0 aliphatic heterocycles. The first kappa shape index (κ1) is 21.2. The third-order valence-electron chi connectivity index (χ3n) is 8.00. The number of aliphatic imine (C=N–C) groups is 2. The fraction of sp³-hybridized carbons (Fsp3) is 0.500. The zero-order chi connectivity index (χ0) is 22.6. The van der Waals surface area contributed by atoms with E-state index in [0.717, 1.165) is 58.1 Å². The van der Waals surface area contributed by atoms with Crippen molar-refractivity contribution in [2.24, 2.45) is 27.7 Å². The summed E-state index contributed by atoms with van der Waals surface area (Å²) in [6.07, 6.45) is 9.74. The van der Waals surface area contributed by atoms with Gasteiger partial charge in [-0.15, -0.1) is 0 Å². The van der Waals surface area contributed by atoms with Crippen LogP contribution in [0, 0.1) is 45.4 Å². The molecule has 0 radical (unpaired) electrons. The Hall–Kier alpha value is -2.62. The van der Waals surface area contributed by atoms with E-state index in [1.54, 1.807) is 0 Å². The van der Waals surface area contributed by atoms with E-state index in [9.17, 15) is 10.2 Å². The lowest BCUT2D eigenvalue weighted by atomic mass is 9.51. The van der Waals surface area contributed by atoms with Crippen molar-refractivity contribution in [3.8, 4) is 11.5 Å². The Labute approximate surface area is 191 Å². The number of phenols is 2. The van der Waals surface area contributed by atoms with E-state index in [-0.39, 0.29) is 11.6 Å². The molecule has 2 aromatic carbocycles. The van der Waals surface area contributed by atoms with Crippen LogP contribution >= 0.6 is 0 Å². The number of hydrogen-bond donors (Lipinski definition) is 2. The number of aryl methyl sites for hydroxylation is 4. The molecule has 0 heterocycles. The molecule has 168 valence electrons. The van der Waals surface area contributed by atoms with Gasteiger partial charge in [-0.3, -0.25) is 9.98 Å². The minimum absolute atomic E-state index is 0.125. The lowest BCUT2D eigenvalue weighted by Crippen LogP contribution is -2.58. The van der Waals surface area contributed by atoms with Crippen LogP contribution in [-0.2, 0) is 0 Å². The first-order valence-electron chi connectivity index (χ1n) is 11.9. The standard InChI is InChI=1S/C28H34N2O2/c1-16-5-18(3)25(31)23(7-16)14-29-27-22-10-20-9-21(11-22)13-28(27,12-20)30-15-24-8-17(2)6-19(4)26(24)32/h5-8,14-15,20-22,27,31-32H,9-13H2,1-4H3. The highest BCUT2D eigenvalue weighted by atomic mass is 16.3. The highest BCUT2D eigenvalue weighted by Gasteiger charge is 2.57. The Morgan fingerprint density at radius 1 is 0.781 bits per heavy atom. The van der Waals surface area contributed by atoms with E-state index in [0.29, 0.717) is 17.4 Å². The van der Waals surface area contributed by atoms with Crippen LogP contribution in [0.3, 0.4) is 0 Å². The maximum absolute atomic E-state index is 10.6. The third kappa shape index (κ3) is 3.64. The van der Waals surface area contributed by atoms with E-state index in [1.165, 1.54) is 19.3 Å². The number of phenolic OH excluding ortho intramolecular Hbond substituents is 2. The molecule has 4 aliphatic carbocycles. The quantitative estimate of drug-likeness (QED) is 0.601. The van der Waals surface area contributed by atoms with Gasteiger partial charge >= 0.3 is 0 Å². The molecular formula is C28H34N2O2. The second kappa shape index (κ2) is 7.75. The first-order chi connectivity index (χ1) is 15.2. The predicted molar refractivity (Wildman–Crippen MR) is 130 cm³/mol. The fourth-order valence-electron chi connectivity index (χ4n) is 6.95. The summed E-state index contributed by atoms with van der Waals surface area (Å²) in [5.74, 6) is 2.66. The van der Waals surface area contributed by atoms with Gasteiger partial charge in [-0.05, 0) is 112 Å². The van der Waals surface area contributed by atoms with Gasteiger partial charge in [-0.1, -0.05) is 12.1 Å². The summed E-state index contributed by atoms with van der Waals surface area (Å²) in [6.45, 7) is 7.98. The maximum atomic E-state index is 10.6. The molecule has 4 saturated carbocycles. The molecule has 4 heteroatoms. The molecule has 3 atom stereocenters. The zero-order valence-corrected chi connectivity index (χ0v) is 19.6. The van der Waals surface area contributed by atoms with Crippen molar-refractivity contribution in [1.82, 2.24) is 0 Å². The Morgan fingerprint density at radius 2 is 1.31 bits per heavy atom. The monoisotopic (exact) mass is 430 g/mol. The highest BCUT2D eigenvalue weighted by Crippen LogP contribution is 2.58. The fourth-order valence-corrected chi connectivity index (χ4v) is 6.95. The summed E-state index contributed by atoms with van der Waals surface area (Å²) in [4.78, 5) is 10.3.